The quantitative estimate of drug-likeness (QED) is 0.923. The monoisotopic (exact) mass is 286 g/mol. The van der Waals surface area contributed by atoms with E-state index in [9.17, 15) is 18.0 Å². The highest BCUT2D eigenvalue weighted by atomic mass is 19.1. The molecule has 1 aromatic rings. The Morgan fingerprint density at radius 1 is 1.45 bits per heavy atom. The van der Waals surface area contributed by atoms with Gasteiger partial charge in [0.05, 0.1) is 6.04 Å². The van der Waals surface area contributed by atoms with Crippen LogP contribution in [-0.4, -0.2) is 36.6 Å². The molecule has 1 aliphatic heterocycles. The summed E-state index contributed by atoms with van der Waals surface area (Å²) in [6, 6.07) is 2.29. The lowest BCUT2D eigenvalue weighted by Gasteiger charge is -2.30. The van der Waals surface area contributed by atoms with E-state index in [1.54, 1.807) is 6.92 Å². The summed E-state index contributed by atoms with van der Waals surface area (Å²) in [4.78, 5) is 13.3. The molecule has 1 fully saturated rings. The second-order valence-corrected chi connectivity index (χ2v) is 5.15. The van der Waals surface area contributed by atoms with Crippen molar-refractivity contribution >= 4 is 5.91 Å². The van der Waals surface area contributed by atoms with Crippen molar-refractivity contribution in [3.05, 3.63) is 35.4 Å². The highest BCUT2D eigenvalue weighted by molar-refractivity contribution is 5.86. The van der Waals surface area contributed by atoms with Crippen molar-refractivity contribution in [1.82, 2.24) is 10.2 Å². The standard InChI is InChI=1S/C14H17F3N2O/c1-9(11-7-10(15)3-4-12(11)16)19(2)13(20)14(17)5-6-18-8-14/h3-4,7,9,18H,5-6,8H2,1-2H3/t9-,14-/m0/s1. The second kappa shape index (κ2) is 5.44. The van der Waals surface area contributed by atoms with Gasteiger partial charge in [0.25, 0.3) is 5.91 Å². The van der Waals surface area contributed by atoms with Crippen molar-refractivity contribution in [2.24, 2.45) is 0 Å². The number of halogens is 3. The average Bonchev–Trinajstić information content (AvgIpc) is 2.87. The van der Waals surface area contributed by atoms with E-state index in [1.165, 1.54) is 7.05 Å². The third kappa shape index (κ3) is 2.65. The van der Waals surface area contributed by atoms with Gasteiger partial charge in [0.15, 0.2) is 0 Å². The lowest BCUT2D eigenvalue weighted by molar-refractivity contribution is -0.143. The van der Waals surface area contributed by atoms with Crippen LogP contribution in [0.2, 0.25) is 0 Å². The number of nitrogens with zero attached hydrogens (tertiary/aromatic N) is 1. The summed E-state index contributed by atoms with van der Waals surface area (Å²) >= 11 is 0. The first-order valence-corrected chi connectivity index (χ1v) is 6.47. The zero-order chi connectivity index (χ0) is 14.9. The van der Waals surface area contributed by atoms with Gasteiger partial charge in [-0.3, -0.25) is 4.79 Å². The summed E-state index contributed by atoms with van der Waals surface area (Å²) in [7, 11) is 1.40. The molecule has 0 aromatic heterocycles. The van der Waals surface area contributed by atoms with Gasteiger partial charge in [0.2, 0.25) is 5.67 Å². The molecule has 6 heteroatoms. The Kier molecular flexibility index (Phi) is 4.04. The molecule has 0 radical (unpaired) electrons. The predicted molar refractivity (Wildman–Crippen MR) is 68.9 cm³/mol. The number of carbonyl (C=O) groups excluding carboxylic acids is 1. The number of rotatable bonds is 3. The Hall–Kier alpha value is -1.56. The molecule has 1 N–H and O–H groups in total. The SMILES string of the molecule is C[C@@H](c1cc(F)ccc1F)N(C)C(=O)[C@]1(F)CCNC1. The first kappa shape index (κ1) is 14.8. The van der Waals surface area contributed by atoms with Crippen LogP contribution in [0, 0.1) is 11.6 Å². The fourth-order valence-corrected chi connectivity index (χ4v) is 2.38. The van der Waals surface area contributed by atoms with Gasteiger partial charge in [0, 0.05) is 25.6 Å². The zero-order valence-electron chi connectivity index (χ0n) is 11.4. The largest absolute Gasteiger partial charge is 0.336 e. The summed E-state index contributed by atoms with van der Waals surface area (Å²) in [5.41, 5.74) is -1.93. The Labute approximate surface area is 115 Å². The van der Waals surface area contributed by atoms with E-state index in [2.05, 4.69) is 5.32 Å². The topological polar surface area (TPSA) is 32.3 Å². The molecule has 2 rings (SSSR count). The van der Waals surface area contributed by atoms with E-state index in [0.717, 1.165) is 23.1 Å². The van der Waals surface area contributed by atoms with Gasteiger partial charge in [-0.2, -0.15) is 0 Å². The Morgan fingerprint density at radius 3 is 2.75 bits per heavy atom. The van der Waals surface area contributed by atoms with Crippen LogP contribution in [0.4, 0.5) is 13.2 Å². The summed E-state index contributed by atoms with van der Waals surface area (Å²) in [5, 5.41) is 2.79. The van der Waals surface area contributed by atoms with Crippen molar-refractivity contribution in [3.8, 4) is 0 Å². The molecule has 1 amide bonds. The Balaban J connectivity index is 2.21. The maximum atomic E-state index is 14.4. The maximum Gasteiger partial charge on any atom is 0.261 e. The third-order valence-electron chi connectivity index (χ3n) is 3.80. The smallest absolute Gasteiger partial charge is 0.261 e. The van der Waals surface area contributed by atoms with Gasteiger partial charge in [-0.1, -0.05) is 0 Å². The van der Waals surface area contributed by atoms with E-state index in [4.69, 9.17) is 0 Å². The molecule has 1 aromatic carbocycles. The molecule has 0 spiro atoms. The molecule has 1 aliphatic rings. The minimum Gasteiger partial charge on any atom is -0.336 e. The van der Waals surface area contributed by atoms with Crippen LogP contribution < -0.4 is 5.32 Å². The molecule has 1 saturated heterocycles. The molecule has 0 aliphatic carbocycles. The second-order valence-electron chi connectivity index (χ2n) is 5.15. The molecule has 110 valence electrons. The fourth-order valence-electron chi connectivity index (χ4n) is 2.38. The van der Waals surface area contributed by atoms with E-state index >= 15 is 0 Å². The molecule has 0 bridgehead atoms. The Bertz CT molecular complexity index is 515. The number of amides is 1. The van der Waals surface area contributed by atoms with Gasteiger partial charge in [0.1, 0.15) is 11.6 Å². The number of hydrogen-bond donors (Lipinski definition) is 1. The van der Waals surface area contributed by atoms with Crippen molar-refractivity contribution in [2.45, 2.75) is 25.1 Å². The van der Waals surface area contributed by atoms with Gasteiger partial charge < -0.3 is 10.2 Å². The maximum absolute atomic E-state index is 14.4. The van der Waals surface area contributed by atoms with Crippen LogP contribution in [0.5, 0.6) is 0 Å². The fraction of sp³-hybridized carbons (Fsp3) is 0.500. The van der Waals surface area contributed by atoms with Crippen molar-refractivity contribution in [3.63, 3.8) is 0 Å². The van der Waals surface area contributed by atoms with E-state index in [0.29, 0.717) is 6.54 Å². The highest BCUT2D eigenvalue weighted by Gasteiger charge is 2.44. The summed E-state index contributed by atoms with van der Waals surface area (Å²) in [6.45, 7) is 1.93. The zero-order valence-corrected chi connectivity index (χ0v) is 11.4. The summed E-state index contributed by atoms with van der Waals surface area (Å²) < 4.78 is 41.3. The number of nitrogens with one attached hydrogen (secondary N) is 1. The van der Waals surface area contributed by atoms with Gasteiger partial charge >= 0.3 is 0 Å². The Morgan fingerprint density at radius 2 is 2.15 bits per heavy atom. The number of hydrogen-bond acceptors (Lipinski definition) is 2. The van der Waals surface area contributed by atoms with Crippen molar-refractivity contribution in [1.29, 1.82) is 0 Å². The normalized spacial score (nSPS) is 23.6. The van der Waals surface area contributed by atoms with Crippen LogP contribution in [0.15, 0.2) is 18.2 Å². The lowest BCUT2D eigenvalue weighted by atomic mass is 10.0. The third-order valence-corrected chi connectivity index (χ3v) is 3.80. The van der Waals surface area contributed by atoms with Crippen LogP contribution in [0.1, 0.15) is 24.9 Å². The van der Waals surface area contributed by atoms with Crippen LogP contribution in [0.25, 0.3) is 0 Å². The first-order chi connectivity index (χ1) is 9.35. The number of carbonyl (C=O) groups is 1. The summed E-state index contributed by atoms with van der Waals surface area (Å²) in [5.74, 6) is -1.92. The molecule has 1 heterocycles. The highest BCUT2D eigenvalue weighted by Crippen LogP contribution is 2.28. The van der Waals surface area contributed by atoms with Crippen LogP contribution >= 0.6 is 0 Å². The minimum absolute atomic E-state index is 0.0374. The molecule has 20 heavy (non-hydrogen) atoms. The number of alkyl halides is 1. The minimum atomic E-state index is -1.97. The van der Waals surface area contributed by atoms with Gasteiger partial charge in [-0.25, -0.2) is 13.2 Å². The van der Waals surface area contributed by atoms with Crippen molar-refractivity contribution < 1.29 is 18.0 Å². The molecule has 3 nitrogen and oxygen atoms in total. The molecular formula is C14H17F3N2O. The molecule has 0 unspecified atom stereocenters. The summed E-state index contributed by atoms with van der Waals surface area (Å²) in [6.07, 6.45) is 0.0918. The van der Waals surface area contributed by atoms with E-state index in [-0.39, 0.29) is 18.5 Å². The number of benzene rings is 1. The van der Waals surface area contributed by atoms with E-state index < -0.39 is 29.3 Å². The van der Waals surface area contributed by atoms with Gasteiger partial charge in [-0.15, -0.1) is 0 Å². The molecule has 2 atom stereocenters. The van der Waals surface area contributed by atoms with Crippen molar-refractivity contribution in [2.75, 3.05) is 20.1 Å². The molecule has 0 saturated carbocycles. The van der Waals surface area contributed by atoms with Gasteiger partial charge in [-0.05, 0) is 31.7 Å². The first-order valence-electron chi connectivity index (χ1n) is 6.47. The van der Waals surface area contributed by atoms with Crippen LogP contribution in [-0.2, 0) is 4.79 Å². The van der Waals surface area contributed by atoms with Crippen LogP contribution in [0.3, 0.4) is 0 Å². The lowest BCUT2D eigenvalue weighted by Crippen LogP contribution is -2.46. The average molecular weight is 286 g/mol. The van der Waals surface area contributed by atoms with E-state index in [1.807, 2.05) is 0 Å². The molecular weight excluding hydrogens is 269 g/mol. The predicted octanol–water partition coefficient (Wildman–Crippen LogP) is 2.19.